The molecule has 19 heavy (non-hydrogen) atoms. The van der Waals surface area contributed by atoms with Crippen molar-refractivity contribution in [2.75, 3.05) is 10.6 Å². The molecule has 0 unspecified atom stereocenters. The molecule has 0 saturated heterocycles. The summed E-state index contributed by atoms with van der Waals surface area (Å²) in [5.41, 5.74) is 1.89. The van der Waals surface area contributed by atoms with E-state index in [0.29, 0.717) is 10.1 Å². The quantitative estimate of drug-likeness (QED) is 0.848. The van der Waals surface area contributed by atoms with Gasteiger partial charge in [0.15, 0.2) is 10.9 Å². The summed E-state index contributed by atoms with van der Waals surface area (Å²) in [7, 11) is 0. The predicted molar refractivity (Wildman–Crippen MR) is 83.9 cm³/mol. The van der Waals surface area contributed by atoms with Crippen LogP contribution < -0.4 is 10.6 Å². The summed E-state index contributed by atoms with van der Waals surface area (Å²) in [5, 5.41) is 11.6. The van der Waals surface area contributed by atoms with Crippen LogP contribution in [0.5, 0.6) is 0 Å². The van der Waals surface area contributed by atoms with E-state index >= 15 is 0 Å². The maximum absolute atomic E-state index is 6.06. The van der Waals surface area contributed by atoms with Gasteiger partial charge in [0.1, 0.15) is 0 Å². The fraction of sp³-hybridized carbons (Fsp3) is 0.231. The number of hydrogen-bond donors (Lipinski definition) is 2. The fourth-order valence-corrected chi connectivity index (χ4v) is 1.96. The third-order valence-corrected chi connectivity index (χ3v) is 3.25. The summed E-state index contributed by atoms with van der Waals surface area (Å²) < 4.78 is 1.83. The van der Waals surface area contributed by atoms with Crippen LogP contribution in [0.15, 0.2) is 30.5 Å². The number of anilines is 2. The number of aryl methyl sites for hydroxylation is 2. The minimum atomic E-state index is 0.487. The Labute approximate surface area is 122 Å². The Morgan fingerprint density at radius 3 is 2.79 bits per heavy atom. The van der Waals surface area contributed by atoms with Crippen LogP contribution in [0.4, 0.5) is 11.5 Å². The van der Waals surface area contributed by atoms with E-state index in [-0.39, 0.29) is 0 Å². The second-order valence-electron chi connectivity index (χ2n) is 4.10. The van der Waals surface area contributed by atoms with Gasteiger partial charge in [0.2, 0.25) is 0 Å². The Balaban J connectivity index is 1.98. The average Bonchev–Trinajstić information content (AvgIpc) is 2.81. The van der Waals surface area contributed by atoms with Crippen LogP contribution in [0.25, 0.3) is 0 Å². The third kappa shape index (κ3) is 3.68. The lowest BCUT2D eigenvalue weighted by atomic mass is 10.2. The van der Waals surface area contributed by atoms with Crippen LogP contribution in [0.3, 0.4) is 0 Å². The van der Waals surface area contributed by atoms with Crippen LogP contribution in [0.1, 0.15) is 12.5 Å². The molecule has 6 heteroatoms. The molecule has 0 aliphatic heterocycles. The molecule has 2 N–H and O–H groups in total. The van der Waals surface area contributed by atoms with Crippen molar-refractivity contribution in [1.82, 2.24) is 9.78 Å². The summed E-state index contributed by atoms with van der Waals surface area (Å²) in [4.78, 5) is 0. The monoisotopic (exact) mass is 294 g/mol. The highest BCUT2D eigenvalue weighted by atomic mass is 35.5. The number of nitrogens with one attached hydrogen (secondary N) is 2. The zero-order valence-electron chi connectivity index (χ0n) is 10.8. The van der Waals surface area contributed by atoms with E-state index in [4.69, 9.17) is 23.8 Å². The van der Waals surface area contributed by atoms with Crippen molar-refractivity contribution in [3.63, 3.8) is 0 Å². The Morgan fingerprint density at radius 1 is 1.37 bits per heavy atom. The Kier molecular flexibility index (Phi) is 4.39. The molecule has 0 atom stereocenters. The molecule has 0 spiro atoms. The van der Waals surface area contributed by atoms with Gasteiger partial charge >= 0.3 is 0 Å². The Morgan fingerprint density at radius 2 is 2.16 bits per heavy atom. The van der Waals surface area contributed by atoms with E-state index in [1.165, 1.54) is 0 Å². The zero-order chi connectivity index (χ0) is 13.8. The van der Waals surface area contributed by atoms with Gasteiger partial charge in [-0.3, -0.25) is 4.68 Å². The normalized spacial score (nSPS) is 10.3. The topological polar surface area (TPSA) is 41.9 Å². The lowest BCUT2D eigenvalue weighted by molar-refractivity contribution is 0.662. The van der Waals surface area contributed by atoms with E-state index < -0.39 is 0 Å². The highest BCUT2D eigenvalue weighted by Crippen LogP contribution is 2.20. The number of thiocarbonyl (C=S) groups is 1. The van der Waals surface area contributed by atoms with Crippen molar-refractivity contribution in [2.45, 2.75) is 20.4 Å². The minimum Gasteiger partial charge on any atom is -0.332 e. The summed E-state index contributed by atoms with van der Waals surface area (Å²) in [6, 6.07) is 7.59. The number of halogens is 1. The molecule has 0 amide bonds. The van der Waals surface area contributed by atoms with Gasteiger partial charge in [0.25, 0.3) is 0 Å². The van der Waals surface area contributed by atoms with Crippen LogP contribution in [0, 0.1) is 6.92 Å². The van der Waals surface area contributed by atoms with E-state index in [1.807, 2.05) is 49.0 Å². The lowest BCUT2D eigenvalue weighted by Crippen LogP contribution is -2.19. The molecule has 0 saturated carbocycles. The van der Waals surface area contributed by atoms with Gasteiger partial charge in [-0.15, -0.1) is 0 Å². The second kappa shape index (κ2) is 6.04. The summed E-state index contributed by atoms with van der Waals surface area (Å²) in [5.74, 6) is 0.720. The van der Waals surface area contributed by atoms with E-state index in [2.05, 4.69) is 15.7 Å². The number of hydrogen-bond acceptors (Lipinski definition) is 2. The van der Waals surface area contributed by atoms with Gasteiger partial charge in [-0.05, 0) is 43.8 Å². The van der Waals surface area contributed by atoms with Crippen LogP contribution in [0.2, 0.25) is 5.02 Å². The standard InChI is InChI=1S/C13H15ClN4S/c1-3-18-7-6-12(17-18)16-13(19)15-10-5-4-9(2)11(14)8-10/h4-8H,3H2,1-2H3,(H2,15,16,17,19). The highest BCUT2D eigenvalue weighted by Gasteiger charge is 2.03. The molecule has 1 aromatic carbocycles. The average molecular weight is 295 g/mol. The fourth-order valence-electron chi connectivity index (χ4n) is 1.55. The number of nitrogens with zero attached hydrogens (tertiary/aromatic N) is 2. The van der Waals surface area contributed by atoms with E-state index in [9.17, 15) is 0 Å². The maximum Gasteiger partial charge on any atom is 0.176 e. The lowest BCUT2D eigenvalue weighted by Gasteiger charge is -2.09. The Bertz CT molecular complexity index is 594. The van der Waals surface area contributed by atoms with Gasteiger partial charge in [0, 0.05) is 29.5 Å². The molecular formula is C13H15ClN4S. The first-order valence-electron chi connectivity index (χ1n) is 5.96. The number of benzene rings is 1. The SMILES string of the molecule is CCn1ccc(NC(=S)Nc2ccc(C)c(Cl)c2)n1. The van der Waals surface area contributed by atoms with Gasteiger partial charge < -0.3 is 10.6 Å². The largest absolute Gasteiger partial charge is 0.332 e. The summed E-state index contributed by atoms with van der Waals surface area (Å²) >= 11 is 11.3. The molecule has 0 aliphatic rings. The van der Waals surface area contributed by atoms with Crippen LogP contribution >= 0.6 is 23.8 Å². The Hall–Kier alpha value is -1.59. The molecule has 1 heterocycles. The van der Waals surface area contributed by atoms with E-state index in [0.717, 1.165) is 23.6 Å². The molecule has 4 nitrogen and oxygen atoms in total. The van der Waals surface area contributed by atoms with Gasteiger partial charge in [-0.2, -0.15) is 5.10 Å². The van der Waals surface area contributed by atoms with Crippen LogP contribution in [-0.4, -0.2) is 14.9 Å². The molecule has 0 aliphatic carbocycles. The first kappa shape index (κ1) is 13.8. The summed E-state index contributed by atoms with van der Waals surface area (Å²) in [6.45, 7) is 4.82. The van der Waals surface area contributed by atoms with Crippen LogP contribution in [-0.2, 0) is 6.54 Å². The molecule has 1 aromatic heterocycles. The van der Waals surface area contributed by atoms with Gasteiger partial charge in [-0.25, -0.2) is 0 Å². The summed E-state index contributed by atoms with van der Waals surface area (Å²) in [6.07, 6.45) is 1.90. The van der Waals surface area contributed by atoms with Crippen molar-refractivity contribution in [1.29, 1.82) is 0 Å². The zero-order valence-corrected chi connectivity index (χ0v) is 12.3. The van der Waals surface area contributed by atoms with E-state index in [1.54, 1.807) is 0 Å². The second-order valence-corrected chi connectivity index (χ2v) is 4.92. The first-order valence-corrected chi connectivity index (χ1v) is 6.74. The van der Waals surface area contributed by atoms with Crippen molar-refractivity contribution in [3.8, 4) is 0 Å². The van der Waals surface area contributed by atoms with Gasteiger partial charge in [-0.1, -0.05) is 17.7 Å². The number of rotatable bonds is 3. The van der Waals surface area contributed by atoms with Gasteiger partial charge in [0.05, 0.1) is 0 Å². The minimum absolute atomic E-state index is 0.487. The molecular weight excluding hydrogens is 280 g/mol. The molecule has 0 fully saturated rings. The third-order valence-electron chi connectivity index (χ3n) is 2.64. The molecule has 100 valence electrons. The smallest absolute Gasteiger partial charge is 0.176 e. The predicted octanol–water partition coefficient (Wildman–Crippen LogP) is 3.67. The van der Waals surface area contributed by atoms with Crippen molar-refractivity contribution < 1.29 is 0 Å². The maximum atomic E-state index is 6.06. The molecule has 0 bridgehead atoms. The highest BCUT2D eigenvalue weighted by molar-refractivity contribution is 7.80. The molecule has 0 radical (unpaired) electrons. The van der Waals surface area contributed by atoms with Crippen molar-refractivity contribution >= 4 is 40.4 Å². The number of aromatic nitrogens is 2. The first-order chi connectivity index (χ1) is 9.08. The van der Waals surface area contributed by atoms with Crippen molar-refractivity contribution in [3.05, 3.63) is 41.0 Å². The molecule has 2 aromatic rings. The van der Waals surface area contributed by atoms with Crippen molar-refractivity contribution in [2.24, 2.45) is 0 Å². The molecule has 2 rings (SSSR count).